The first kappa shape index (κ1) is 19.4. The molecule has 0 N–H and O–H groups in total. The molecule has 29 heavy (non-hydrogen) atoms. The van der Waals surface area contributed by atoms with E-state index in [1.54, 1.807) is 18.3 Å². The molecule has 5 nitrogen and oxygen atoms in total. The van der Waals surface area contributed by atoms with Crippen molar-refractivity contribution in [1.82, 2.24) is 19.5 Å². The third-order valence-corrected chi connectivity index (χ3v) is 5.06. The summed E-state index contributed by atoms with van der Waals surface area (Å²) in [6.07, 6.45) is -0.630. The van der Waals surface area contributed by atoms with Gasteiger partial charge in [0, 0.05) is 43.0 Å². The molecule has 9 heteroatoms. The van der Waals surface area contributed by atoms with E-state index < -0.39 is 12.7 Å². The van der Waals surface area contributed by atoms with Crippen LogP contribution in [0, 0.1) is 0 Å². The number of fused-ring (bicyclic) bond motifs is 3. The Labute approximate surface area is 169 Å². The van der Waals surface area contributed by atoms with Gasteiger partial charge in [-0.25, -0.2) is 9.97 Å². The first-order valence-electron chi connectivity index (χ1n) is 8.94. The van der Waals surface area contributed by atoms with Crippen LogP contribution in [0.25, 0.3) is 21.9 Å². The largest absolute Gasteiger partial charge is 0.406 e. The summed E-state index contributed by atoms with van der Waals surface area (Å²) in [7, 11) is 1.93. The summed E-state index contributed by atoms with van der Waals surface area (Å²) < 4.78 is 40.6. The molecule has 150 valence electrons. The Hall–Kier alpha value is -2.87. The Morgan fingerprint density at radius 3 is 2.66 bits per heavy atom. The number of nitrogens with zero attached hydrogens (tertiary/aromatic N) is 5. The van der Waals surface area contributed by atoms with E-state index >= 15 is 0 Å². The molecule has 0 aliphatic carbocycles. The average molecular weight is 420 g/mol. The molecule has 0 spiro atoms. The first-order valence-corrected chi connectivity index (χ1v) is 9.31. The zero-order chi connectivity index (χ0) is 20.6. The SMILES string of the molecule is CN(CCc1ccccn1)c1ccc2c(c1)c1ncnc(Cl)c1n2CC(F)(F)F. The second kappa shape index (κ2) is 7.51. The van der Waals surface area contributed by atoms with E-state index in [1.165, 1.54) is 6.33 Å². The summed E-state index contributed by atoms with van der Waals surface area (Å²) >= 11 is 6.13. The molecule has 3 heterocycles. The number of aromatic nitrogens is 4. The van der Waals surface area contributed by atoms with Gasteiger partial charge in [-0.1, -0.05) is 17.7 Å². The molecule has 0 atom stereocenters. The number of benzene rings is 1. The van der Waals surface area contributed by atoms with Crippen LogP contribution < -0.4 is 4.90 Å². The number of hydrogen-bond donors (Lipinski definition) is 0. The molecule has 0 saturated carbocycles. The molecule has 3 aromatic heterocycles. The van der Waals surface area contributed by atoms with Crippen LogP contribution in [0.3, 0.4) is 0 Å². The fourth-order valence-electron chi connectivity index (χ4n) is 3.40. The fraction of sp³-hybridized carbons (Fsp3) is 0.250. The zero-order valence-electron chi connectivity index (χ0n) is 15.5. The van der Waals surface area contributed by atoms with Gasteiger partial charge in [-0.15, -0.1) is 0 Å². The maximum Gasteiger partial charge on any atom is 0.406 e. The minimum atomic E-state index is -4.39. The van der Waals surface area contributed by atoms with Gasteiger partial charge in [0.1, 0.15) is 23.9 Å². The number of pyridine rings is 1. The highest BCUT2D eigenvalue weighted by molar-refractivity contribution is 6.34. The van der Waals surface area contributed by atoms with E-state index in [0.717, 1.165) is 22.4 Å². The highest BCUT2D eigenvalue weighted by Crippen LogP contribution is 2.35. The number of rotatable bonds is 5. The normalized spacial score (nSPS) is 12.0. The molecule has 0 radical (unpaired) electrons. The molecular formula is C20H17ClF3N5. The monoisotopic (exact) mass is 419 g/mol. The lowest BCUT2D eigenvalue weighted by Crippen LogP contribution is -2.20. The second-order valence-corrected chi connectivity index (χ2v) is 7.12. The summed E-state index contributed by atoms with van der Waals surface area (Å²) in [5.41, 5.74) is 2.86. The summed E-state index contributed by atoms with van der Waals surface area (Å²) in [5.74, 6) is 0. The minimum Gasteiger partial charge on any atom is -0.374 e. The summed E-state index contributed by atoms with van der Waals surface area (Å²) in [6.45, 7) is -0.450. The van der Waals surface area contributed by atoms with E-state index in [0.29, 0.717) is 23.0 Å². The van der Waals surface area contributed by atoms with Crippen LogP contribution in [0.2, 0.25) is 5.15 Å². The van der Waals surface area contributed by atoms with Gasteiger partial charge >= 0.3 is 6.18 Å². The van der Waals surface area contributed by atoms with Crippen LogP contribution in [-0.2, 0) is 13.0 Å². The van der Waals surface area contributed by atoms with Crippen molar-refractivity contribution in [3.63, 3.8) is 0 Å². The van der Waals surface area contributed by atoms with Gasteiger partial charge in [-0.3, -0.25) is 4.98 Å². The third-order valence-electron chi connectivity index (χ3n) is 4.78. The molecule has 1 aromatic carbocycles. The lowest BCUT2D eigenvalue weighted by molar-refractivity contribution is -0.139. The molecule has 0 unspecified atom stereocenters. The Kier molecular flexibility index (Phi) is 5.04. The van der Waals surface area contributed by atoms with E-state index in [9.17, 15) is 13.2 Å². The van der Waals surface area contributed by atoms with Crippen molar-refractivity contribution in [3.8, 4) is 0 Å². The third kappa shape index (κ3) is 3.98. The Bertz CT molecular complexity index is 1160. The highest BCUT2D eigenvalue weighted by atomic mass is 35.5. The van der Waals surface area contributed by atoms with E-state index in [-0.39, 0.29) is 10.7 Å². The van der Waals surface area contributed by atoms with Crippen molar-refractivity contribution in [2.75, 3.05) is 18.5 Å². The van der Waals surface area contributed by atoms with Gasteiger partial charge in [0.05, 0.1) is 5.52 Å². The van der Waals surface area contributed by atoms with E-state index in [4.69, 9.17) is 11.6 Å². The molecule has 4 aromatic rings. The topological polar surface area (TPSA) is 46.8 Å². The quantitative estimate of drug-likeness (QED) is 0.433. The van der Waals surface area contributed by atoms with Crippen LogP contribution in [0.15, 0.2) is 48.9 Å². The van der Waals surface area contributed by atoms with Crippen molar-refractivity contribution in [2.24, 2.45) is 0 Å². The molecule has 0 fully saturated rings. The number of hydrogen-bond acceptors (Lipinski definition) is 4. The van der Waals surface area contributed by atoms with Gasteiger partial charge in [0.15, 0.2) is 5.15 Å². The van der Waals surface area contributed by atoms with Crippen LogP contribution in [0.5, 0.6) is 0 Å². The Balaban J connectivity index is 1.74. The molecule has 0 amide bonds. The van der Waals surface area contributed by atoms with E-state index in [2.05, 4.69) is 15.0 Å². The summed E-state index contributed by atoms with van der Waals surface area (Å²) in [6, 6.07) is 11.1. The van der Waals surface area contributed by atoms with Crippen molar-refractivity contribution in [3.05, 3.63) is 59.8 Å². The molecule has 0 aliphatic rings. The smallest absolute Gasteiger partial charge is 0.374 e. The van der Waals surface area contributed by atoms with Crippen LogP contribution in [0.4, 0.5) is 18.9 Å². The zero-order valence-corrected chi connectivity index (χ0v) is 16.2. The molecule has 0 saturated heterocycles. The maximum atomic E-state index is 13.2. The average Bonchev–Trinajstić information content (AvgIpc) is 3.00. The van der Waals surface area contributed by atoms with Gasteiger partial charge in [0.25, 0.3) is 0 Å². The predicted molar refractivity (Wildman–Crippen MR) is 107 cm³/mol. The van der Waals surface area contributed by atoms with Gasteiger partial charge in [-0.2, -0.15) is 13.2 Å². The molecule has 4 rings (SSSR count). The summed E-state index contributed by atoms with van der Waals surface area (Å²) in [5, 5.41) is 0.608. The Morgan fingerprint density at radius 2 is 1.93 bits per heavy atom. The highest BCUT2D eigenvalue weighted by Gasteiger charge is 2.30. The van der Waals surface area contributed by atoms with Crippen molar-refractivity contribution < 1.29 is 13.2 Å². The van der Waals surface area contributed by atoms with Crippen molar-refractivity contribution in [2.45, 2.75) is 19.1 Å². The molecular weight excluding hydrogens is 403 g/mol. The minimum absolute atomic E-state index is 0.000469. The number of anilines is 1. The van der Waals surface area contributed by atoms with Crippen molar-refractivity contribution in [1.29, 1.82) is 0 Å². The molecule has 0 aliphatic heterocycles. The summed E-state index contributed by atoms with van der Waals surface area (Å²) in [4.78, 5) is 14.4. The number of alkyl halides is 3. The van der Waals surface area contributed by atoms with Crippen LogP contribution >= 0.6 is 11.6 Å². The van der Waals surface area contributed by atoms with E-state index in [1.807, 2.05) is 36.2 Å². The molecule has 0 bridgehead atoms. The van der Waals surface area contributed by atoms with Gasteiger partial charge in [-0.05, 0) is 30.3 Å². The van der Waals surface area contributed by atoms with Crippen molar-refractivity contribution >= 4 is 39.2 Å². The Morgan fingerprint density at radius 1 is 1.10 bits per heavy atom. The fourth-order valence-corrected chi connectivity index (χ4v) is 3.64. The lowest BCUT2D eigenvalue weighted by Gasteiger charge is -2.19. The maximum absolute atomic E-state index is 13.2. The van der Waals surface area contributed by atoms with Crippen LogP contribution in [-0.4, -0.2) is 39.3 Å². The van der Waals surface area contributed by atoms with Gasteiger partial charge in [0.2, 0.25) is 0 Å². The number of halogens is 4. The lowest BCUT2D eigenvalue weighted by atomic mass is 10.2. The standard InChI is InChI=1S/C20H17ClF3N5/c1-28(9-7-13-4-2-3-8-25-13)14-5-6-16-15(10-14)17-18(19(21)27-12-26-17)29(16)11-20(22,23)24/h2-6,8,10,12H,7,9,11H2,1H3. The second-order valence-electron chi connectivity index (χ2n) is 6.76. The first-order chi connectivity index (χ1) is 13.8. The number of likely N-dealkylation sites (N-methyl/N-ethyl adjacent to an activating group) is 1. The predicted octanol–water partition coefficient (Wildman–Crippen LogP) is 4.87. The van der Waals surface area contributed by atoms with Crippen LogP contribution in [0.1, 0.15) is 5.69 Å². The van der Waals surface area contributed by atoms with Gasteiger partial charge < -0.3 is 9.47 Å².